The van der Waals surface area contributed by atoms with Crippen LogP contribution in [-0.2, 0) is 40.6 Å². The zero-order chi connectivity index (χ0) is 39.5. The number of aliphatic carboxylic acids is 1. The number of carbonyl (C=O) groups is 5. The van der Waals surface area contributed by atoms with Crippen LogP contribution in [0, 0.1) is 0 Å². The summed E-state index contributed by atoms with van der Waals surface area (Å²) in [6.45, 7) is 6.11. The van der Waals surface area contributed by atoms with Crippen molar-refractivity contribution in [3.8, 4) is 0 Å². The van der Waals surface area contributed by atoms with Crippen LogP contribution >= 0.6 is 0 Å². The lowest BCUT2D eigenvalue weighted by molar-refractivity contribution is -0.727. The summed E-state index contributed by atoms with van der Waals surface area (Å²) >= 11 is 0. The average molecular weight is 778 g/mol. The molecule has 3 N–H and O–H groups in total. The quantitative estimate of drug-likeness (QED) is 0.150. The number of benzene rings is 2. The fourth-order valence-electron chi connectivity index (χ4n) is 5.02. The summed E-state index contributed by atoms with van der Waals surface area (Å²) in [4.78, 5) is 61.4. The van der Waals surface area contributed by atoms with Gasteiger partial charge >= 0.3 is 18.2 Å². The molecule has 0 aliphatic rings. The SMILES string of the molecule is CCN(C)C(=O)c1cc[n+](COC(=O)N[C@@H](C)Cc2ccccc2)cc1.C[C@@H](Cc1ccccc1)NC(=O)OC[n+]1ccc(C(=O)N(C)CC(=O)O)cc1.[Cl-]. The lowest BCUT2D eigenvalue weighted by Gasteiger charge is -2.14. The van der Waals surface area contributed by atoms with Crippen molar-refractivity contribution >= 4 is 30.0 Å². The molecule has 0 aliphatic carbocycles. The van der Waals surface area contributed by atoms with E-state index in [-0.39, 0.29) is 50.4 Å². The van der Waals surface area contributed by atoms with Gasteiger partial charge in [-0.1, -0.05) is 60.7 Å². The second kappa shape index (κ2) is 23.6. The number of carbonyl (C=O) groups excluding carboxylic acids is 4. The van der Waals surface area contributed by atoms with Crippen LogP contribution in [0.4, 0.5) is 9.59 Å². The van der Waals surface area contributed by atoms with Gasteiger partial charge in [-0.3, -0.25) is 14.4 Å². The van der Waals surface area contributed by atoms with Crippen molar-refractivity contribution in [2.24, 2.45) is 0 Å². The zero-order valence-electron chi connectivity index (χ0n) is 31.8. The summed E-state index contributed by atoms with van der Waals surface area (Å²) in [6.07, 6.45) is 7.05. The Hall–Kier alpha value is -6.02. The molecule has 15 heteroatoms. The van der Waals surface area contributed by atoms with Gasteiger partial charge in [0.2, 0.25) is 0 Å². The molecule has 294 valence electrons. The lowest BCUT2D eigenvalue weighted by atomic mass is 10.1. The highest BCUT2D eigenvalue weighted by molar-refractivity contribution is 5.95. The van der Waals surface area contributed by atoms with Gasteiger partial charge in [-0.05, 0) is 44.7 Å². The first kappa shape index (κ1) is 45.1. The van der Waals surface area contributed by atoms with Gasteiger partial charge in [0.05, 0.1) is 11.1 Å². The summed E-state index contributed by atoms with van der Waals surface area (Å²) < 4.78 is 13.7. The van der Waals surface area contributed by atoms with Gasteiger partial charge in [0.25, 0.3) is 25.3 Å². The van der Waals surface area contributed by atoms with Crippen molar-refractivity contribution in [2.75, 3.05) is 27.2 Å². The van der Waals surface area contributed by atoms with Crippen LogP contribution in [0.25, 0.3) is 0 Å². The summed E-state index contributed by atoms with van der Waals surface area (Å²) in [5.74, 6) is -1.52. The molecule has 0 aliphatic heterocycles. The predicted octanol–water partition coefficient (Wildman–Crippen LogP) is 0.831. The van der Waals surface area contributed by atoms with Gasteiger partial charge in [-0.2, -0.15) is 9.13 Å². The third-order valence-corrected chi connectivity index (χ3v) is 8.00. The predicted molar refractivity (Wildman–Crippen MR) is 199 cm³/mol. The van der Waals surface area contributed by atoms with E-state index < -0.39 is 24.1 Å². The van der Waals surface area contributed by atoms with Crippen LogP contribution in [-0.4, -0.2) is 84.1 Å². The molecular formula is C40H50ClN6O8+. The molecule has 0 saturated carbocycles. The number of carboxylic acids is 1. The molecule has 4 amide bonds. The summed E-state index contributed by atoms with van der Waals surface area (Å²) in [6, 6.07) is 26.2. The van der Waals surface area contributed by atoms with Gasteiger partial charge in [0.15, 0.2) is 24.8 Å². The van der Waals surface area contributed by atoms with Crippen LogP contribution in [0.2, 0.25) is 0 Å². The number of likely N-dealkylation sites (N-methyl/N-ethyl adjacent to an activating group) is 1. The smallest absolute Gasteiger partial charge is 0.412 e. The summed E-state index contributed by atoms with van der Waals surface area (Å²) in [5.41, 5.74) is 3.23. The average Bonchev–Trinajstić information content (AvgIpc) is 3.16. The number of aromatic nitrogens is 2. The van der Waals surface area contributed by atoms with Crippen LogP contribution in [0.1, 0.15) is 52.6 Å². The number of hydrogen-bond acceptors (Lipinski definition) is 7. The third kappa shape index (κ3) is 16.7. The van der Waals surface area contributed by atoms with Crippen molar-refractivity contribution in [1.82, 2.24) is 20.4 Å². The number of halogens is 1. The number of hydrogen-bond donors (Lipinski definition) is 3. The topological polar surface area (TPSA) is 162 Å². The van der Waals surface area contributed by atoms with Gasteiger partial charge < -0.3 is 47.4 Å². The highest BCUT2D eigenvalue weighted by Gasteiger charge is 2.17. The molecule has 0 spiro atoms. The Balaban J connectivity index is 0.000000374. The van der Waals surface area contributed by atoms with E-state index in [2.05, 4.69) is 10.6 Å². The van der Waals surface area contributed by atoms with E-state index in [4.69, 9.17) is 14.6 Å². The minimum Gasteiger partial charge on any atom is -1.00 e. The van der Waals surface area contributed by atoms with E-state index in [9.17, 15) is 24.0 Å². The number of alkyl carbamates (subject to hydrolysis) is 2. The fraction of sp³-hybridized carbons (Fsp3) is 0.325. The number of amides is 4. The van der Waals surface area contributed by atoms with Gasteiger partial charge in [0, 0.05) is 57.0 Å². The molecule has 2 aromatic carbocycles. The van der Waals surface area contributed by atoms with Gasteiger partial charge in [0.1, 0.15) is 6.54 Å². The Morgan fingerprint density at radius 2 is 1.00 bits per heavy atom. The second-order valence-electron chi connectivity index (χ2n) is 12.7. The molecule has 2 atom stereocenters. The molecule has 0 bridgehead atoms. The highest BCUT2D eigenvalue weighted by Crippen LogP contribution is 2.05. The maximum atomic E-state index is 12.1. The van der Waals surface area contributed by atoms with Crippen molar-refractivity contribution in [3.05, 3.63) is 132 Å². The molecule has 0 unspecified atom stereocenters. The molecule has 4 aromatic rings. The minimum atomic E-state index is -1.08. The van der Waals surface area contributed by atoms with Crippen molar-refractivity contribution in [2.45, 2.75) is 59.2 Å². The van der Waals surface area contributed by atoms with Crippen LogP contribution in [0.15, 0.2) is 110 Å². The summed E-state index contributed by atoms with van der Waals surface area (Å²) in [7, 11) is 3.18. The van der Waals surface area contributed by atoms with Crippen LogP contribution < -0.4 is 32.2 Å². The first-order chi connectivity index (χ1) is 25.8. The maximum absolute atomic E-state index is 12.1. The van der Waals surface area contributed by atoms with Crippen LogP contribution in [0.3, 0.4) is 0 Å². The first-order valence-corrected chi connectivity index (χ1v) is 17.5. The van der Waals surface area contributed by atoms with Crippen LogP contribution in [0.5, 0.6) is 0 Å². The Kier molecular flexibility index (Phi) is 19.4. The van der Waals surface area contributed by atoms with Gasteiger partial charge in [-0.15, -0.1) is 0 Å². The number of nitrogens with zero attached hydrogens (tertiary/aromatic N) is 4. The van der Waals surface area contributed by atoms with Crippen molar-refractivity contribution < 1.29 is 60.1 Å². The number of carboxylic acid groups (broad SMARTS) is 1. The highest BCUT2D eigenvalue weighted by atomic mass is 35.5. The van der Waals surface area contributed by atoms with Gasteiger partial charge in [-0.25, -0.2) is 9.59 Å². The standard InChI is InChI=1S/C20H23N3O5.C20H25N3O3.ClH/c1-15(12-16-6-4-3-5-7-16)21-20(27)28-14-23-10-8-17(9-11-23)19(26)22(2)13-18(24)25;1-4-22(3)19(24)18-10-12-23(13-11-18)15-26-20(25)21-16(2)14-17-8-6-5-7-9-17;/h3-11,15H,12-14H2,1-2H3,(H-,21,24,25,27);5-13,16H,4,14-15H2,1-3H3;1H/p+1/t15-;16-;/m00./s1. The molecule has 0 saturated heterocycles. The van der Waals surface area contributed by atoms with E-state index >= 15 is 0 Å². The molecule has 2 heterocycles. The first-order valence-electron chi connectivity index (χ1n) is 17.5. The number of nitrogens with one attached hydrogen (secondary N) is 2. The Morgan fingerprint density at radius 3 is 1.35 bits per heavy atom. The maximum Gasteiger partial charge on any atom is 0.412 e. The van der Waals surface area contributed by atoms with Crippen molar-refractivity contribution in [3.63, 3.8) is 0 Å². The van der Waals surface area contributed by atoms with E-state index in [0.29, 0.717) is 24.1 Å². The van der Waals surface area contributed by atoms with E-state index in [1.807, 2.05) is 81.4 Å². The fourth-order valence-corrected chi connectivity index (χ4v) is 5.02. The Bertz CT molecular complexity index is 1800. The third-order valence-electron chi connectivity index (χ3n) is 8.00. The molecule has 14 nitrogen and oxygen atoms in total. The molecule has 2 aromatic heterocycles. The molecule has 0 fully saturated rings. The van der Waals surface area contributed by atoms with E-state index in [0.717, 1.165) is 22.4 Å². The Labute approximate surface area is 328 Å². The van der Waals surface area contributed by atoms with E-state index in [1.165, 1.54) is 7.05 Å². The molecular weight excluding hydrogens is 728 g/mol. The zero-order valence-corrected chi connectivity index (χ0v) is 32.5. The summed E-state index contributed by atoms with van der Waals surface area (Å²) in [5, 5.41) is 14.3. The molecule has 55 heavy (non-hydrogen) atoms. The second-order valence-corrected chi connectivity index (χ2v) is 12.7. The van der Waals surface area contributed by atoms with E-state index in [1.54, 1.807) is 70.1 Å². The number of pyridine rings is 2. The largest absolute Gasteiger partial charge is 1.00 e. The molecule has 0 radical (unpaired) electrons. The lowest BCUT2D eigenvalue weighted by Crippen LogP contribution is -3.00. The van der Waals surface area contributed by atoms with Crippen molar-refractivity contribution in [1.29, 1.82) is 0 Å². The monoisotopic (exact) mass is 777 g/mol. The minimum absolute atomic E-state index is 0. The number of ether oxygens (including phenoxy) is 2. The Morgan fingerprint density at radius 1 is 0.636 bits per heavy atom. The number of rotatable bonds is 15. The normalized spacial score (nSPS) is 11.2. The molecule has 4 rings (SSSR count).